The van der Waals surface area contributed by atoms with Gasteiger partial charge in [0.05, 0.1) is 5.69 Å². The predicted octanol–water partition coefficient (Wildman–Crippen LogP) is 4.40. The van der Waals surface area contributed by atoms with Crippen LogP contribution < -0.4 is 10.1 Å². The number of ether oxygens (including phenoxy) is 1. The molecular weight excluding hydrogens is 352 g/mol. The van der Waals surface area contributed by atoms with Crippen molar-refractivity contribution >= 4 is 22.5 Å². The molecule has 1 fully saturated rings. The van der Waals surface area contributed by atoms with Crippen LogP contribution in [0.5, 0.6) is 5.75 Å². The minimum absolute atomic E-state index is 0.00377. The minimum Gasteiger partial charge on any atom is -0.489 e. The monoisotopic (exact) mass is 378 g/mol. The number of carbonyl (C=O) groups excluding carboxylic acids is 1. The highest BCUT2D eigenvalue weighted by atomic mass is 16.5. The summed E-state index contributed by atoms with van der Waals surface area (Å²) < 4.78 is 5.94. The van der Waals surface area contributed by atoms with Crippen LogP contribution in [0, 0.1) is 18.3 Å². The van der Waals surface area contributed by atoms with E-state index in [9.17, 15) is 9.90 Å². The molecule has 1 amide bonds. The number of aromatic nitrogens is 1. The molecule has 0 aliphatic heterocycles. The quantitative estimate of drug-likeness (QED) is 0.595. The lowest BCUT2D eigenvalue weighted by molar-refractivity contribution is -0.133. The maximum absolute atomic E-state index is 12.7. The third kappa shape index (κ3) is 3.62. The van der Waals surface area contributed by atoms with Gasteiger partial charge in [-0.1, -0.05) is 36.8 Å². The molecule has 0 bridgehead atoms. The molecule has 0 radical (unpaired) electrons. The smallest absolute Gasteiger partial charge is 0.230 e. The van der Waals surface area contributed by atoms with Gasteiger partial charge in [-0.2, -0.15) is 0 Å². The molecule has 28 heavy (non-hydrogen) atoms. The summed E-state index contributed by atoms with van der Waals surface area (Å²) in [6.45, 7) is 4.67. The van der Waals surface area contributed by atoms with Gasteiger partial charge in [0.2, 0.25) is 5.91 Å². The summed E-state index contributed by atoms with van der Waals surface area (Å²) in [5.41, 5.74) is 3.64. The average Bonchev–Trinajstić information content (AvgIpc) is 3.07. The number of hydrogen-bond donors (Lipinski definition) is 3. The Balaban J connectivity index is 1.47. The normalized spacial score (nSPS) is 21.3. The number of nitrogens with one attached hydrogen (secondary N) is 2. The second kappa shape index (κ2) is 7.32. The fraction of sp³-hybridized carbons (Fsp3) is 0.348. The second-order valence-corrected chi connectivity index (χ2v) is 8.16. The molecule has 1 heterocycles. The summed E-state index contributed by atoms with van der Waals surface area (Å²) in [5.74, 6) is 1.00. The summed E-state index contributed by atoms with van der Waals surface area (Å²) in [6, 6.07) is 14.1. The zero-order valence-corrected chi connectivity index (χ0v) is 16.3. The largest absolute Gasteiger partial charge is 0.489 e. The van der Waals surface area contributed by atoms with E-state index in [1.807, 2.05) is 31.3 Å². The number of H-pyrrole nitrogens is 1. The Labute approximate surface area is 164 Å². The minimum atomic E-state index is -0.406. The van der Waals surface area contributed by atoms with E-state index in [1.54, 1.807) is 0 Å². The number of rotatable bonds is 6. The van der Waals surface area contributed by atoms with E-state index in [-0.39, 0.29) is 18.4 Å². The Kier molecular flexibility index (Phi) is 4.85. The van der Waals surface area contributed by atoms with Crippen molar-refractivity contribution in [2.45, 2.75) is 33.3 Å². The average molecular weight is 378 g/mol. The molecule has 5 heteroatoms. The van der Waals surface area contributed by atoms with Crippen molar-refractivity contribution in [1.29, 1.82) is 0 Å². The van der Waals surface area contributed by atoms with Crippen LogP contribution in [0.2, 0.25) is 0 Å². The lowest BCUT2D eigenvalue weighted by Gasteiger charge is -2.42. The van der Waals surface area contributed by atoms with E-state index in [1.165, 1.54) is 5.56 Å². The van der Waals surface area contributed by atoms with Crippen LogP contribution in [-0.4, -0.2) is 22.6 Å². The van der Waals surface area contributed by atoms with Gasteiger partial charge in [0, 0.05) is 29.1 Å². The van der Waals surface area contributed by atoms with Crippen molar-refractivity contribution in [3.8, 4) is 5.75 Å². The van der Waals surface area contributed by atoms with Gasteiger partial charge in [-0.15, -0.1) is 0 Å². The van der Waals surface area contributed by atoms with Gasteiger partial charge in [-0.3, -0.25) is 4.79 Å². The van der Waals surface area contributed by atoms with Gasteiger partial charge in [0.15, 0.2) is 0 Å². The van der Waals surface area contributed by atoms with Crippen LogP contribution in [0.3, 0.4) is 0 Å². The van der Waals surface area contributed by atoms with Crippen molar-refractivity contribution in [2.24, 2.45) is 11.3 Å². The molecule has 146 valence electrons. The maximum atomic E-state index is 12.7. The number of aryl methyl sites for hydroxylation is 1. The summed E-state index contributed by atoms with van der Waals surface area (Å²) in [6.07, 6.45) is 3.27. The van der Waals surface area contributed by atoms with Gasteiger partial charge >= 0.3 is 0 Å². The molecule has 0 saturated heterocycles. The Bertz CT molecular complexity index is 985. The lowest BCUT2D eigenvalue weighted by atomic mass is 9.63. The van der Waals surface area contributed by atoms with Crippen LogP contribution in [0.15, 0.2) is 48.7 Å². The van der Waals surface area contributed by atoms with Crippen molar-refractivity contribution in [3.05, 3.63) is 59.8 Å². The highest BCUT2D eigenvalue weighted by Gasteiger charge is 2.45. The molecule has 0 unspecified atom stereocenters. The van der Waals surface area contributed by atoms with Crippen LogP contribution in [-0.2, 0) is 11.4 Å². The molecule has 3 N–H and O–H groups in total. The predicted molar refractivity (Wildman–Crippen MR) is 110 cm³/mol. The SMILES string of the molecule is Cc1ccc(COc2ccc3[nH]cc(NC(=O)[C@]4(C)C[C@H](CO)C4)c3c2)cc1. The zero-order valence-electron chi connectivity index (χ0n) is 16.3. The van der Waals surface area contributed by atoms with E-state index in [4.69, 9.17) is 4.74 Å². The van der Waals surface area contributed by atoms with Crippen molar-refractivity contribution in [2.75, 3.05) is 11.9 Å². The van der Waals surface area contributed by atoms with Gasteiger partial charge in [0.1, 0.15) is 12.4 Å². The molecule has 1 aliphatic carbocycles. The molecule has 4 rings (SSSR count). The molecule has 2 aromatic carbocycles. The van der Waals surface area contributed by atoms with Crippen molar-refractivity contribution in [3.63, 3.8) is 0 Å². The number of aliphatic hydroxyl groups excluding tert-OH is 1. The second-order valence-electron chi connectivity index (χ2n) is 8.16. The number of hydrogen-bond acceptors (Lipinski definition) is 3. The number of amides is 1. The number of aliphatic hydroxyl groups is 1. The Hall–Kier alpha value is -2.79. The van der Waals surface area contributed by atoms with E-state index in [2.05, 4.69) is 41.5 Å². The molecule has 0 spiro atoms. The number of benzene rings is 2. The first kappa shape index (κ1) is 18.6. The van der Waals surface area contributed by atoms with Gasteiger partial charge in [-0.25, -0.2) is 0 Å². The first-order chi connectivity index (χ1) is 13.5. The van der Waals surface area contributed by atoms with Gasteiger partial charge in [0.25, 0.3) is 0 Å². The molecule has 1 aromatic heterocycles. The lowest BCUT2D eigenvalue weighted by Crippen LogP contribution is -2.45. The Morgan fingerprint density at radius 3 is 2.71 bits per heavy atom. The van der Waals surface area contributed by atoms with Gasteiger partial charge in [-0.05, 0) is 49.4 Å². The highest BCUT2D eigenvalue weighted by Crippen LogP contribution is 2.46. The zero-order chi connectivity index (χ0) is 19.7. The van der Waals surface area contributed by atoms with Crippen LogP contribution in [0.1, 0.15) is 30.9 Å². The number of carbonyl (C=O) groups is 1. The first-order valence-electron chi connectivity index (χ1n) is 9.69. The number of anilines is 1. The van der Waals surface area contributed by atoms with Crippen LogP contribution in [0.4, 0.5) is 5.69 Å². The first-order valence-corrected chi connectivity index (χ1v) is 9.69. The summed E-state index contributed by atoms with van der Waals surface area (Å²) in [5, 5.41) is 13.2. The maximum Gasteiger partial charge on any atom is 0.230 e. The third-order valence-corrected chi connectivity index (χ3v) is 5.71. The van der Waals surface area contributed by atoms with Crippen molar-refractivity contribution in [1.82, 2.24) is 4.98 Å². The molecule has 3 aromatic rings. The van der Waals surface area contributed by atoms with E-state index < -0.39 is 5.41 Å². The topological polar surface area (TPSA) is 74.3 Å². The summed E-state index contributed by atoms with van der Waals surface area (Å²) in [7, 11) is 0. The van der Waals surface area contributed by atoms with E-state index in [0.29, 0.717) is 6.61 Å². The van der Waals surface area contributed by atoms with Crippen LogP contribution in [0.25, 0.3) is 10.9 Å². The molecular formula is C23H26N2O3. The Morgan fingerprint density at radius 2 is 2.00 bits per heavy atom. The van der Waals surface area contributed by atoms with Crippen LogP contribution >= 0.6 is 0 Å². The van der Waals surface area contributed by atoms with E-state index in [0.717, 1.165) is 40.7 Å². The summed E-state index contributed by atoms with van der Waals surface area (Å²) >= 11 is 0. The molecule has 1 aliphatic rings. The molecule has 0 atom stereocenters. The Morgan fingerprint density at radius 1 is 1.25 bits per heavy atom. The fourth-order valence-electron chi connectivity index (χ4n) is 3.95. The highest BCUT2D eigenvalue weighted by molar-refractivity contribution is 6.04. The fourth-order valence-corrected chi connectivity index (χ4v) is 3.95. The number of aromatic amines is 1. The van der Waals surface area contributed by atoms with Gasteiger partial charge < -0.3 is 20.1 Å². The van der Waals surface area contributed by atoms with E-state index >= 15 is 0 Å². The molecule has 1 saturated carbocycles. The standard InChI is InChI=1S/C23H26N2O3/c1-15-3-5-16(6-4-15)14-28-18-7-8-20-19(9-18)21(12-24-20)25-22(27)23(2)10-17(11-23)13-26/h3-9,12,17,24,26H,10-11,13-14H2,1-2H3,(H,25,27)/t17-,23+. The van der Waals surface area contributed by atoms with Crippen molar-refractivity contribution < 1.29 is 14.6 Å². The molecule has 5 nitrogen and oxygen atoms in total. The third-order valence-electron chi connectivity index (χ3n) is 5.71. The number of fused-ring (bicyclic) bond motifs is 1. The summed E-state index contributed by atoms with van der Waals surface area (Å²) in [4.78, 5) is 15.9.